The van der Waals surface area contributed by atoms with E-state index in [1.165, 1.54) is 55.2 Å². The van der Waals surface area contributed by atoms with E-state index in [-0.39, 0.29) is 0 Å². The monoisotopic (exact) mass is 637 g/mol. The molecular formula is C47H31N3. The molecule has 7 aromatic carbocycles. The predicted molar refractivity (Wildman–Crippen MR) is 209 cm³/mol. The minimum absolute atomic E-state index is 1.01. The molecule has 0 fully saturated rings. The molecule has 0 aliphatic carbocycles. The molecule has 0 saturated heterocycles. The minimum atomic E-state index is 1.01. The molecule has 0 radical (unpaired) electrons. The first kappa shape index (κ1) is 28.3. The van der Waals surface area contributed by atoms with Crippen molar-refractivity contribution in [3.63, 3.8) is 0 Å². The zero-order valence-corrected chi connectivity index (χ0v) is 27.2. The van der Waals surface area contributed by atoms with E-state index in [9.17, 15) is 0 Å². The number of nitrogens with zero attached hydrogens (tertiary/aromatic N) is 3. The normalized spacial score (nSPS) is 11.6. The summed E-state index contributed by atoms with van der Waals surface area (Å²) in [5.74, 6) is 0. The van der Waals surface area contributed by atoms with Gasteiger partial charge in [0.25, 0.3) is 0 Å². The van der Waals surface area contributed by atoms with Crippen molar-refractivity contribution < 1.29 is 0 Å². The van der Waals surface area contributed by atoms with Crippen LogP contribution in [0.25, 0.3) is 88.5 Å². The van der Waals surface area contributed by atoms with Gasteiger partial charge in [0.2, 0.25) is 0 Å². The fourth-order valence-electron chi connectivity index (χ4n) is 7.64. The summed E-state index contributed by atoms with van der Waals surface area (Å²) in [6, 6.07) is 65.5. The fourth-order valence-corrected chi connectivity index (χ4v) is 7.64. The third kappa shape index (κ3) is 4.56. The summed E-state index contributed by atoms with van der Waals surface area (Å²) in [6.07, 6.45) is 1.89. The van der Waals surface area contributed by atoms with Crippen molar-refractivity contribution in [1.82, 2.24) is 14.1 Å². The summed E-state index contributed by atoms with van der Waals surface area (Å²) in [6.45, 7) is 0. The average molecular weight is 638 g/mol. The van der Waals surface area contributed by atoms with E-state index in [0.717, 1.165) is 33.3 Å². The van der Waals surface area contributed by atoms with Crippen LogP contribution >= 0.6 is 0 Å². The van der Waals surface area contributed by atoms with Gasteiger partial charge in [-0.05, 0) is 106 Å². The highest BCUT2D eigenvalue weighted by Crippen LogP contribution is 2.39. The predicted octanol–water partition coefficient (Wildman–Crippen LogP) is 12.3. The van der Waals surface area contributed by atoms with E-state index in [2.05, 4.69) is 185 Å². The highest BCUT2D eigenvalue weighted by molar-refractivity contribution is 6.12. The highest BCUT2D eigenvalue weighted by atomic mass is 15.0. The standard InChI is InChI=1S/C47H31N3/c1-4-13-32(14-5-1)36-27-37(33-15-6-2-7-16-33)29-39(28-36)50-43-20-11-10-19-40(43)41-30-34(22-24-44(41)50)35-23-25-45-42(31-35)47-46(21-12-26-48-47)49(45)38-17-8-3-9-18-38/h1-31H. The van der Waals surface area contributed by atoms with Gasteiger partial charge in [0, 0.05) is 33.7 Å². The van der Waals surface area contributed by atoms with E-state index in [1.54, 1.807) is 0 Å². The van der Waals surface area contributed by atoms with Crippen molar-refractivity contribution in [2.75, 3.05) is 0 Å². The second-order valence-electron chi connectivity index (χ2n) is 12.9. The summed E-state index contributed by atoms with van der Waals surface area (Å²) in [5.41, 5.74) is 15.1. The summed E-state index contributed by atoms with van der Waals surface area (Å²) in [4.78, 5) is 4.85. The van der Waals surface area contributed by atoms with Crippen molar-refractivity contribution in [3.05, 3.63) is 188 Å². The number of hydrogen-bond acceptors (Lipinski definition) is 1. The van der Waals surface area contributed by atoms with E-state index in [0.29, 0.717) is 0 Å². The molecule has 0 unspecified atom stereocenters. The SMILES string of the molecule is c1ccc(-c2cc(-c3ccccc3)cc(-n3c4ccccc4c4cc(-c5ccc6c(c5)c5ncccc5n6-c5ccccc5)ccc43)c2)cc1. The molecule has 0 aliphatic rings. The van der Waals surface area contributed by atoms with Gasteiger partial charge in [-0.15, -0.1) is 0 Å². The largest absolute Gasteiger partial charge is 0.309 e. The first-order valence-corrected chi connectivity index (χ1v) is 17.0. The Labute approximate surface area is 290 Å². The molecule has 3 heterocycles. The van der Waals surface area contributed by atoms with Gasteiger partial charge in [0.1, 0.15) is 0 Å². The van der Waals surface area contributed by atoms with Gasteiger partial charge in [0.05, 0.1) is 27.6 Å². The van der Waals surface area contributed by atoms with Gasteiger partial charge in [-0.25, -0.2) is 0 Å². The van der Waals surface area contributed by atoms with E-state index in [4.69, 9.17) is 4.98 Å². The van der Waals surface area contributed by atoms with Crippen LogP contribution in [0, 0.1) is 0 Å². The number of fused-ring (bicyclic) bond motifs is 6. The maximum absolute atomic E-state index is 4.85. The Hall–Kier alpha value is -6.71. The van der Waals surface area contributed by atoms with Crippen molar-refractivity contribution in [1.29, 1.82) is 0 Å². The number of rotatable bonds is 5. The molecular weight excluding hydrogens is 607 g/mol. The Morgan fingerprint density at radius 3 is 1.50 bits per heavy atom. The number of pyridine rings is 1. The van der Waals surface area contributed by atoms with Crippen LogP contribution < -0.4 is 0 Å². The van der Waals surface area contributed by atoms with Crippen LogP contribution in [-0.2, 0) is 0 Å². The fraction of sp³-hybridized carbons (Fsp3) is 0. The van der Waals surface area contributed by atoms with Crippen LogP contribution in [0.4, 0.5) is 0 Å². The molecule has 234 valence electrons. The lowest BCUT2D eigenvalue weighted by molar-refractivity contribution is 1.18. The summed E-state index contributed by atoms with van der Waals surface area (Å²) in [5, 5.41) is 3.62. The summed E-state index contributed by atoms with van der Waals surface area (Å²) < 4.78 is 4.74. The molecule has 0 bridgehead atoms. The van der Waals surface area contributed by atoms with Gasteiger partial charge in [0.15, 0.2) is 0 Å². The second-order valence-corrected chi connectivity index (χ2v) is 12.9. The molecule has 3 aromatic heterocycles. The smallest absolute Gasteiger partial charge is 0.0963 e. The average Bonchev–Trinajstić information content (AvgIpc) is 3.71. The van der Waals surface area contributed by atoms with Crippen molar-refractivity contribution >= 4 is 43.7 Å². The van der Waals surface area contributed by atoms with Gasteiger partial charge in [-0.3, -0.25) is 4.98 Å². The quantitative estimate of drug-likeness (QED) is 0.184. The van der Waals surface area contributed by atoms with Crippen molar-refractivity contribution in [2.45, 2.75) is 0 Å². The molecule has 50 heavy (non-hydrogen) atoms. The van der Waals surface area contributed by atoms with Crippen LogP contribution in [-0.4, -0.2) is 14.1 Å². The number of benzene rings is 7. The Morgan fingerprint density at radius 1 is 0.300 bits per heavy atom. The van der Waals surface area contributed by atoms with Crippen LogP contribution in [0.15, 0.2) is 188 Å². The zero-order valence-electron chi connectivity index (χ0n) is 27.2. The lowest BCUT2D eigenvalue weighted by Crippen LogP contribution is -1.96. The first-order chi connectivity index (χ1) is 24.8. The van der Waals surface area contributed by atoms with Gasteiger partial charge < -0.3 is 9.13 Å². The van der Waals surface area contributed by atoms with Crippen LogP contribution in [0.3, 0.4) is 0 Å². The maximum atomic E-state index is 4.85. The molecule has 3 heteroatoms. The first-order valence-electron chi connectivity index (χ1n) is 17.0. The molecule has 0 atom stereocenters. The molecule has 10 aromatic rings. The number of para-hydroxylation sites is 2. The summed E-state index contributed by atoms with van der Waals surface area (Å²) in [7, 11) is 0. The topological polar surface area (TPSA) is 22.8 Å². The molecule has 3 nitrogen and oxygen atoms in total. The minimum Gasteiger partial charge on any atom is -0.309 e. The maximum Gasteiger partial charge on any atom is 0.0963 e. The Balaban J connectivity index is 1.17. The van der Waals surface area contributed by atoms with Gasteiger partial charge >= 0.3 is 0 Å². The number of hydrogen-bond donors (Lipinski definition) is 0. The van der Waals surface area contributed by atoms with E-state index < -0.39 is 0 Å². The van der Waals surface area contributed by atoms with Crippen LogP contribution in [0.5, 0.6) is 0 Å². The Morgan fingerprint density at radius 2 is 0.820 bits per heavy atom. The summed E-state index contributed by atoms with van der Waals surface area (Å²) >= 11 is 0. The highest BCUT2D eigenvalue weighted by Gasteiger charge is 2.17. The molecule has 0 amide bonds. The molecule has 10 rings (SSSR count). The van der Waals surface area contributed by atoms with Gasteiger partial charge in [-0.1, -0.05) is 109 Å². The van der Waals surface area contributed by atoms with Gasteiger partial charge in [-0.2, -0.15) is 0 Å². The number of aromatic nitrogens is 3. The van der Waals surface area contributed by atoms with Crippen LogP contribution in [0.2, 0.25) is 0 Å². The van der Waals surface area contributed by atoms with Crippen molar-refractivity contribution in [2.24, 2.45) is 0 Å². The van der Waals surface area contributed by atoms with Crippen molar-refractivity contribution in [3.8, 4) is 44.8 Å². The lowest BCUT2D eigenvalue weighted by Gasteiger charge is -2.14. The zero-order chi connectivity index (χ0) is 33.0. The van der Waals surface area contributed by atoms with E-state index in [1.807, 2.05) is 12.3 Å². The second kappa shape index (κ2) is 11.5. The molecule has 0 spiro atoms. The molecule has 0 aliphatic heterocycles. The molecule has 0 saturated carbocycles. The third-order valence-electron chi connectivity index (χ3n) is 9.93. The Bertz CT molecular complexity index is 2790. The molecule has 0 N–H and O–H groups in total. The Kier molecular flexibility index (Phi) is 6.49. The third-order valence-corrected chi connectivity index (χ3v) is 9.93. The van der Waals surface area contributed by atoms with Crippen LogP contribution in [0.1, 0.15) is 0 Å². The van der Waals surface area contributed by atoms with E-state index >= 15 is 0 Å². The lowest BCUT2D eigenvalue weighted by atomic mass is 9.98.